The van der Waals surface area contributed by atoms with E-state index in [1.807, 2.05) is 0 Å². The van der Waals surface area contributed by atoms with E-state index in [1.165, 1.54) is 38.8 Å². The van der Waals surface area contributed by atoms with Crippen LogP contribution in [0.5, 0.6) is 0 Å². The minimum absolute atomic E-state index is 0.671. The highest BCUT2D eigenvalue weighted by molar-refractivity contribution is 5.32. The zero-order chi connectivity index (χ0) is 13.9. The third-order valence-corrected chi connectivity index (χ3v) is 5.18. The monoisotopic (exact) mass is 272 g/mol. The summed E-state index contributed by atoms with van der Waals surface area (Å²) in [5.74, 6) is 0.762. The van der Waals surface area contributed by atoms with Crippen molar-refractivity contribution in [3.63, 3.8) is 0 Å². The lowest BCUT2D eigenvalue weighted by atomic mass is 9.84. The Hall–Kier alpha value is -0.860. The molecule has 2 nitrogen and oxygen atoms in total. The number of hydrogen-bond acceptors (Lipinski definition) is 2. The summed E-state index contributed by atoms with van der Waals surface area (Å²) in [4.78, 5) is 2.75. The highest BCUT2D eigenvalue weighted by atomic mass is 15.2. The first-order valence-corrected chi connectivity index (χ1v) is 8.34. The van der Waals surface area contributed by atoms with Gasteiger partial charge in [-0.05, 0) is 49.3 Å². The van der Waals surface area contributed by atoms with Crippen LogP contribution in [-0.4, -0.2) is 30.6 Å². The Kier molecular flexibility index (Phi) is 4.42. The largest absolute Gasteiger partial charge is 0.314 e. The lowest BCUT2D eigenvalue weighted by molar-refractivity contribution is 0.0949. The number of piperidine rings is 1. The van der Waals surface area contributed by atoms with E-state index < -0.39 is 0 Å². The molecule has 20 heavy (non-hydrogen) atoms. The summed E-state index contributed by atoms with van der Waals surface area (Å²) in [6.45, 7) is 8.23. The molecule has 0 saturated carbocycles. The molecular formula is C18H28N2. The SMILES string of the molecule is CCNC1CCN(C2CCCc3ccccc32)CC1C. The maximum atomic E-state index is 3.65. The van der Waals surface area contributed by atoms with E-state index in [1.54, 1.807) is 11.1 Å². The van der Waals surface area contributed by atoms with Crippen molar-refractivity contribution in [3.8, 4) is 0 Å². The van der Waals surface area contributed by atoms with E-state index in [9.17, 15) is 0 Å². The molecule has 2 aliphatic rings. The van der Waals surface area contributed by atoms with Gasteiger partial charge in [-0.25, -0.2) is 0 Å². The standard InChI is InChI=1S/C18H28N2/c1-3-19-17-11-12-20(13-14(17)2)18-10-6-8-15-7-4-5-9-16(15)18/h4-5,7,9,14,17-19H,3,6,8,10-13H2,1-2H3. The van der Waals surface area contributed by atoms with E-state index in [4.69, 9.17) is 0 Å². The molecule has 1 aliphatic carbocycles. The molecule has 0 amide bonds. The molecule has 1 heterocycles. The molecule has 0 radical (unpaired) electrons. The third kappa shape index (κ3) is 2.77. The summed E-state index contributed by atoms with van der Waals surface area (Å²) in [5, 5.41) is 3.65. The first kappa shape index (κ1) is 14.1. The van der Waals surface area contributed by atoms with Crippen molar-refractivity contribution in [2.75, 3.05) is 19.6 Å². The van der Waals surface area contributed by atoms with E-state index in [0.29, 0.717) is 6.04 Å². The van der Waals surface area contributed by atoms with Gasteiger partial charge in [-0.2, -0.15) is 0 Å². The molecule has 3 unspecified atom stereocenters. The number of rotatable bonds is 3. The van der Waals surface area contributed by atoms with Gasteiger partial charge in [0.05, 0.1) is 0 Å². The average Bonchev–Trinajstić information content (AvgIpc) is 2.49. The predicted molar refractivity (Wildman–Crippen MR) is 84.9 cm³/mol. The summed E-state index contributed by atoms with van der Waals surface area (Å²) in [6, 6.07) is 10.5. The average molecular weight is 272 g/mol. The number of benzene rings is 1. The number of aryl methyl sites for hydroxylation is 1. The highest BCUT2D eigenvalue weighted by Gasteiger charge is 2.32. The van der Waals surface area contributed by atoms with Crippen molar-refractivity contribution < 1.29 is 0 Å². The van der Waals surface area contributed by atoms with Crippen molar-refractivity contribution >= 4 is 0 Å². The highest BCUT2D eigenvalue weighted by Crippen LogP contribution is 2.36. The van der Waals surface area contributed by atoms with E-state index in [-0.39, 0.29) is 0 Å². The van der Waals surface area contributed by atoms with Crippen LogP contribution < -0.4 is 5.32 Å². The van der Waals surface area contributed by atoms with Crippen LogP contribution in [0.4, 0.5) is 0 Å². The fourth-order valence-electron chi connectivity index (χ4n) is 4.13. The molecule has 3 atom stereocenters. The van der Waals surface area contributed by atoms with E-state index >= 15 is 0 Å². The zero-order valence-electron chi connectivity index (χ0n) is 12.9. The van der Waals surface area contributed by atoms with Crippen molar-refractivity contribution in [1.82, 2.24) is 10.2 Å². The first-order chi connectivity index (χ1) is 9.79. The molecule has 110 valence electrons. The Morgan fingerprint density at radius 1 is 1.25 bits per heavy atom. The number of nitrogens with zero attached hydrogens (tertiary/aromatic N) is 1. The Balaban J connectivity index is 1.72. The lowest BCUT2D eigenvalue weighted by Crippen LogP contribution is -2.49. The van der Waals surface area contributed by atoms with Crippen LogP contribution in [0, 0.1) is 5.92 Å². The van der Waals surface area contributed by atoms with Crippen LogP contribution in [-0.2, 0) is 6.42 Å². The van der Waals surface area contributed by atoms with Crippen molar-refractivity contribution in [1.29, 1.82) is 0 Å². The molecule has 1 saturated heterocycles. The molecule has 0 bridgehead atoms. The quantitative estimate of drug-likeness (QED) is 0.907. The van der Waals surface area contributed by atoms with Crippen molar-refractivity contribution in [2.24, 2.45) is 5.92 Å². The van der Waals surface area contributed by atoms with Gasteiger partial charge in [-0.1, -0.05) is 38.1 Å². The molecule has 2 heteroatoms. The summed E-state index contributed by atoms with van der Waals surface area (Å²) < 4.78 is 0. The lowest BCUT2D eigenvalue weighted by Gasteiger charge is -2.43. The smallest absolute Gasteiger partial charge is 0.0351 e. The van der Waals surface area contributed by atoms with Gasteiger partial charge in [0.25, 0.3) is 0 Å². The molecule has 1 aromatic carbocycles. The van der Waals surface area contributed by atoms with Crippen LogP contribution in [0.25, 0.3) is 0 Å². The normalized spacial score (nSPS) is 31.0. The molecule has 1 N–H and O–H groups in total. The number of nitrogens with one attached hydrogen (secondary N) is 1. The van der Waals surface area contributed by atoms with Crippen LogP contribution >= 0.6 is 0 Å². The second-order valence-electron chi connectivity index (χ2n) is 6.53. The van der Waals surface area contributed by atoms with Gasteiger partial charge in [0.1, 0.15) is 0 Å². The number of hydrogen-bond donors (Lipinski definition) is 1. The van der Waals surface area contributed by atoms with Crippen LogP contribution in [0.3, 0.4) is 0 Å². The van der Waals surface area contributed by atoms with Gasteiger partial charge < -0.3 is 5.32 Å². The van der Waals surface area contributed by atoms with Crippen molar-refractivity contribution in [2.45, 2.75) is 51.6 Å². The molecule has 0 aromatic heterocycles. The van der Waals surface area contributed by atoms with Gasteiger partial charge in [-0.15, -0.1) is 0 Å². The number of likely N-dealkylation sites (tertiary alicyclic amines) is 1. The Bertz CT molecular complexity index is 443. The minimum atomic E-state index is 0.671. The minimum Gasteiger partial charge on any atom is -0.314 e. The summed E-state index contributed by atoms with van der Waals surface area (Å²) in [7, 11) is 0. The maximum absolute atomic E-state index is 3.65. The Labute approximate surface area is 123 Å². The summed E-state index contributed by atoms with van der Waals surface area (Å²) in [6.07, 6.45) is 5.27. The Morgan fingerprint density at radius 3 is 2.90 bits per heavy atom. The van der Waals surface area contributed by atoms with Gasteiger partial charge >= 0.3 is 0 Å². The fraction of sp³-hybridized carbons (Fsp3) is 0.667. The van der Waals surface area contributed by atoms with Crippen LogP contribution in [0.15, 0.2) is 24.3 Å². The molecule has 0 spiro atoms. The van der Waals surface area contributed by atoms with Gasteiger partial charge in [0.15, 0.2) is 0 Å². The summed E-state index contributed by atoms with van der Waals surface area (Å²) >= 11 is 0. The van der Waals surface area contributed by atoms with Gasteiger partial charge in [0, 0.05) is 25.2 Å². The third-order valence-electron chi connectivity index (χ3n) is 5.18. The number of fused-ring (bicyclic) bond motifs is 1. The topological polar surface area (TPSA) is 15.3 Å². The Morgan fingerprint density at radius 2 is 2.10 bits per heavy atom. The second kappa shape index (κ2) is 6.28. The summed E-state index contributed by atoms with van der Waals surface area (Å²) in [5.41, 5.74) is 3.19. The predicted octanol–water partition coefficient (Wildman–Crippen LogP) is 3.38. The molecule has 3 rings (SSSR count). The molecule has 1 aromatic rings. The molecular weight excluding hydrogens is 244 g/mol. The van der Waals surface area contributed by atoms with E-state index in [0.717, 1.165) is 18.5 Å². The van der Waals surface area contributed by atoms with Gasteiger partial charge in [-0.3, -0.25) is 4.90 Å². The fourth-order valence-corrected chi connectivity index (χ4v) is 4.13. The second-order valence-corrected chi connectivity index (χ2v) is 6.53. The van der Waals surface area contributed by atoms with Crippen molar-refractivity contribution in [3.05, 3.63) is 35.4 Å². The molecule has 1 aliphatic heterocycles. The molecule has 1 fully saturated rings. The maximum Gasteiger partial charge on any atom is 0.0351 e. The first-order valence-electron chi connectivity index (χ1n) is 8.34. The van der Waals surface area contributed by atoms with Crippen LogP contribution in [0.2, 0.25) is 0 Å². The zero-order valence-corrected chi connectivity index (χ0v) is 12.9. The van der Waals surface area contributed by atoms with E-state index in [2.05, 4.69) is 48.3 Å². The van der Waals surface area contributed by atoms with Crippen LogP contribution in [0.1, 0.15) is 50.3 Å². The van der Waals surface area contributed by atoms with Gasteiger partial charge in [0.2, 0.25) is 0 Å².